The first kappa shape index (κ1) is 31.2. The van der Waals surface area contributed by atoms with Crippen LogP contribution >= 0.6 is 11.3 Å². The number of hydrogen-bond donors (Lipinski definition) is 1. The van der Waals surface area contributed by atoms with Crippen molar-refractivity contribution in [3.8, 4) is 23.2 Å². The average molecular weight is 662 g/mol. The van der Waals surface area contributed by atoms with Gasteiger partial charge < -0.3 is 20.3 Å². The topological polar surface area (TPSA) is 112 Å². The SMILES string of the molecule is C=CC(=O)N1CC[C@H](N(C)c2nc(OC[C@@]34CCCN3C[C@H](F)C4)nc3cc(-c4ccc(F)c5sc(N)c(C#N)c45)c(F)cc23)[C@@H]1C. The molecule has 13 heteroatoms. The highest BCUT2D eigenvalue weighted by atomic mass is 32.1. The second kappa shape index (κ2) is 11.7. The molecule has 1 amide bonds. The monoisotopic (exact) mass is 661 g/mol. The maximum atomic E-state index is 16.2. The first-order chi connectivity index (χ1) is 22.5. The van der Waals surface area contributed by atoms with Crippen molar-refractivity contribution < 1.29 is 22.7 Å². The summed E-state index contributed by atoms with van der Waals surface area (Å²) in [4.78, 5) is 27.8. The molecule has 3 fully saturated rings. The van der Waals surface area contributed by atoms with E-state index >= 15 is 4.39 Å². The van der Waals surface area contributed by atoms with E-state index < -0.39 is 23.3 Å². The number of carbonyl (C=O) groups is 1. The number of amides is 1. The second-order valence-corrected chi connectivity index (χ2v) is 13.8. The van der Waals surface area contributed by atoms with Crippen LogP contribution in [-0.2, 0) is 4.79 Å². The third-order valence-electron chi connectivity index (χ3n) is 10.2. The Balaban J connectivity index is 1.35. The van der Waals surface area contributed by atoms with Crippen molar-refractivity contribution in [1.82, 2.24) is 19.8 Å². The smallest absolute Gasteiger partial charge is 0.319 e. The molecule has 47 heavy (non-hydrogen) atoms. The van der Waals surface area contributed by atoms with Gasteiger partial charge in [0.25, 0.3) is 0 Å². The highest BCUT2D eigenvalue weighted by Gasteiger charge is 2.49. The second-order valence-electron chi connectivity index (χ2n) is 12.7. The Morgan fingerprint density at radius 2 is 2.09 bits per heavy atom. The molecule has 3 saturated heterocycles. The number of aromatic nitrogens is 2. The van der Waals surface area contributed by atoms with E-state index in [9.17, 15) is 18.8 Å². The number of ether oxygens (including phenoxy) is 1. The van der Waals surface area contributed by atoms with E-state index in [0.29, 0.717) is 48.2 Å². The van der Waals surface area contributed by atoms with E-state index in [-0.39, 0.29) is 56.8 Å². The predicted octanol–water partition coefficient (Wildman–Crippen LogP) is 5.81. The molecular formula is C34H34F3N7O2S. The minimum atomic E-state index is -0.925. The van der Waals surface area contributed by atoms with Gasteiger partial charge in [0.2, 0.25) is 5.91 Å². The average Bonchev–Trinajstić information content (AvgIpc) is 3.79. The van der Waals surface area contributed by atoms with Crippen molar-refractivity contribution in [3.63, 3.8) is 0 Å². The first-order valence-electron chi connectivity index (χ1n) is 15.6. The number of benzene rings is 2. The number of fused-ring (bicyclic) bond motifs is 3. The van der Waals surface area contributed by atoms with Gasteiger partial charge in [-0.3, -0.25) is 9.69 Å². The van der Waals surface area contributed by atoms with Crippen LogP contribution in [0.1, 0.15) is 38.2 Å². The van der Waals surface area contributed by atoms with Crippen molar-refractivity contribution in [2.45, 2.75) is 56.4 Å². The lowest BCUT2D eigenvalue weighted by Crippen LogP contribution is -2.44. The van der Waals surface area contributed by atoms with Crippen LogP contribution in [0.25, 0.3) is 32.1 Å². The number of anilines is 2. The molecule has 2 aromatic heterocycles. The van der Waals surface area contributed by atoms with Gasteiger partial charge in [-0.05, 0) is 62.6 Å². The molecule has 0 bridgehead atoms. The van der Waals surface area contributed by atoms with Gasteiger partial charge >= 0.3 is 6.01 Å². The van der Waals surface area contributed by atoms with Crippen molar-refractivity contribution in [1.29, 1.82) is 5.26 Å². The Morgan fingerprint density at radius 3 is 2.85 bits per heavy atom. The summed E-state index contributed by atoms with van der Waals surface area (Å²) in [6, 6.07) is 7.33. The number of nitrogens with zero attached hydrogens (tertiary/aromatic N) is 6. The highest BCUT2D eigenvalue weighted by Crippen LogP contribution is 2.44. The molecule has 0 saturated carbocycles. The maximum absolute atomic E-state index is 16.2. The van der Waals surface area contributed by atoms with Crippen LogP contribution in [0.5, 0.6) is 6.01 Å². The Morgan fingerprint density at radius 1 is 1.28 bits per heavy atom. The molecule has 4 atom stereocenters. The van der Waals surface area contributed by atoms with Gasteiger partial charge in [-0.15, -0.1) is 11.3 Å². The number of likely N-dealkylation sites (N-methyl/N-ethyl adjacent to an activating group) is 1. The maximum Gasteiger partial charge on any atom is 0.319 e. The van der Waals surface area contributed by atoms with E-state index in [1.165, 1.54) is 24.3 Å². The van der Waals surface area contributed by atoms with Crippen molar-refractivity contribution in [3.05, 3.63) is 54.1 Å². The van der Waals surface area contributed by atoms with Gasteiger partial charge in [0, 0.05) is 48.9 Å². The molecule has 2 aromatic carbocycles. The van der Waals surface area contributed by atoms with Crippen LogP contribution in [0.4, 0.5) is 24.0 Å². The lowest BCUT2D eigenvalue weighted by atomic mass is 9.95. The summed E-state index contributed by atoms with van der Waals surface area (Å²) in [5.74, 6) is -0.922. The van der Waals surface area contributed by atoms with Gasteiger partial charge in [-0.25, -0.2) is 13.2 Å². The molecule has 0 aliphatic carbocycles. The highest BCUT2D eigenvalue weighted by molar-refractivity contribution is 7.23. The van der Waals surface area contributed by atoms with Crippen molar-refractivity contribution >= 4 is 49.1 Å². The summed E-state index contributed by atoms with van der Waals surface area (Å²) < 4.78 is 52.0. The first-order valence-corrected chi connectivity index (χ1v) is 16.5. The zero-order valence-electron chi connectivity index (χ0n) is 26.1. The van der Waals surface area contributed by atoms with Crippen LogP contribution in [0.2, 0.25) is 0 Å². The quantitative estimate of drug-likeness (QED) is 0.247. The van der Waals surface area contributed by atoms with E-state index in [0.717, 1.165) is 30.7 Å². The molecule has 7 rings (SSSR count). The van der Waals surface area contributed by atoms with Crippen molar-refractivity contribution in [2.75, 3.05) is 43.9 Å². The van der Waals surface area contributed by atoms with Crippen LogP contribution in [-0.4, -0.2) is 82.8 Å². The fourth-order valence-electron chi connectivity index (χ4n) is 7.85. The van der Waals surface area contributed by atoms with Crippen LogP contribution in [0.3, 0.4) is 0 Å². The van der Waals surface area contributed by atoms with Gasteiger partial charge in [0.1, 0.15) is 41.3 Å². The predicted molar refractivity (Wildman–Crippen MR) is 176 cm³/mol. The minimum Gasteiger partial charge on any atom is -0.461 e. The lowest BCUT2D eigenvalue weighted by Gasteiger charge is -2.33. The Bertz CT molecular complexity index is 1980. The molecule has 4 aromatic rings. The van der Waals surface area contributed by atoms with Crippen LogP contribution < -0.4 is 15.4 Å². The molecule has 0 unspecified atom stereocenters. The Kier molecular flexibility index (Phi) is 7.75. The van der Waals surface area contributed by atoms with E-state index in [1.807, 2.05) is 24.9 Å². The molecule has 244 valence electrons. The summed E-state index contributed by atoms with van der Waals surface area (Å²) in [6.45, 7) is 7.49. The molecule has 3 aliphatic rings. The summed E-state index contributed by atoms with van der Waals surface area (Å²) in [5.41, 5.74) is 6.50. The zero-order chi connectivity index (χ0) is 33.2. The third kappa shape index (κ3) is 5.05. The fourth-order valence-corrected chi connectivity index (χ4v) is 8.80. The number of halogens is 3. The summed E-state index contributed by atoms with van der Waals surface area (Å²) in [7, 11) is 1.85. The number of alkyl halides is 1. The molecule has 2 N–H and O–H groups in total. The van der Waals surface area contributed by atoms with Gasteiger partial charge in [-0.2, -0.15) is 15.2 Å². The largest absolute Gasteiger partial charge is 0.461 e. The number of carbonyl (C=O) groups excluding carboxylic acids is 1. The Labute approximate surface area is 274 Å². The molecule has 0 radical (unpaired) electrons. The number of hydrogen-bond acceptors (Lipinski definition) is 9. The van der Waals surface area contributed by atoms with Crippen molar-refractivity contribution in [2.24, 2.45) is 0 Å². The number of likely N-dealkylation sites (tertiary alicyclic amines) is 1. The van der Waals surface area contributed by atoms with E-state index in [2.05, 4.69) is 11.5 Å². The molecule has 9 nitrogen and oxygen atoms in total. The standard InChI is InChI=1S/C34H34F3N7O2S/c1-4-28(45)44-11-8-27(18(44)2)42(3)32-22-12-25(37)21(20-6-7-24(36)30-29(20)23(15-38)31(39)47-30)13-26(22)40-33(41-32)46-17-34-9-5-10-43(34)16-19(35)14-34/h4,6-7,12-13,18-19,27H,1,5,8-11,14,16-17,39H2,2-3H3/t18-,19+,27-,34-/m0/s1. The lowest BCUT2D eigenvalue weighted by molar-refractivity contribution is -0.126. The minimum absolute atomic E-state index is 0.0619. The zero-order valence-corrected chi connectivity index (χ0v) is 26.9. The van der Waals surface area contributed by atoms with Gasteiger partial charge in [0.05, 0.1) is 27.4 Å². The number of rotatable bonds is 7. The van der Waals surface area contributed by atoms with Gasteiger partial charge in [0.15, 0.2) is 0 Å². The molecular weight excluding hydrogens is 627 g/mol. The summed E-state index contributed by atoms with van der Waals surface area (Å²) in [5, 5.41) is 10.6. The third-order valence-corrected chi connectivity index (χ3v) is 11.2. The van der Waals surface area contributed by atoms with Crippen LogP contribution in [0.15, 0.2) is 36.9 Å². The fraction of sp³-hybridized carbons (Fsp3) is 0.412. The molecule has 0 spiro atoms. The van der Waals surface area contributed by atoms with Gasteiger partial charge in [-0.1, -0.05) is 12.6 Å². The molecule has 5 heterocycles. The van der Waals surface area contributed by atoms with E-state index in [4.69, 9.17) is 20.4 Å². The normalized spacial score (nSPS) is 24.2. The number of nitrogens with two attached hydrogens (primary N) is 1. The van der Waals surface area contributed by atoms with Crippen LogP contribution in [0, 0.1) is 23.0 Å². The number of nitriles is 1. The summed E-state index contributed by atoms with van der Waals surface area (Å²) in [6.07, 6.45) is 3.16. The Hall–Kier alpha value is -4.41. The number of nitrogen functional groups attached to an aromatic ring is 1. The van der Waals surface area contributed by atoms with E-state index in [1.54, 1.807) is 11.0 Å². The summed E-state index contributed by atoms with van der Waals surface area (Å²) >= 11 is 0.942. The number of thiophene rings is 1. The molecule has 3 aliphatic heterocycles.